The van der Waals surface area contributed by atoms with Crippen molar-refractivity contribution >= 4 is 0 Å². The maximum Gasteiger partial charge on any atom is 0.0450 e. The summed E-state index contributed by atoms with van der Waals surface area (Å²) in [6.07, 6.45) is 7.00. The zero-order valence-corrected chi connectivity index (χ0v) is 6.41. The quantitative estimate of drug-likeness (QED) is 0.512. The van der Waals surface area contributed by atoms with Crippen LogP contribution >= 0.6 is 0 Å². The van der Waals surface area contributed by atoms with Crippen molar-refractivity contribution in [2.24, 2.45) is 0 Å². The van der Waals surface area contributed by atoms with Gasteiger partial charge >= 0.3 is 0 Å². The number of hydrogen-bond donors (Lipinski definition) is 3. The number of nitrogens with one attached hydrogen (secondary N) is 3. The summed E-state index contributed by atoms with van der Waals surface area (Å²) < 4.78 is 0. The first kappa shape index (κ1) is 7.41. The van der Waals surface area contributed by atoms with Gasteiger partial charge in [0.1, 0.15) is 0 Å². The predicted molar refractivity (Wildman–Crippen MR) is 41.6 cm³/mol. The van der Waals surface area contributed by atoms with E-state index in [0.717, 1.165) is 6.42 Å². The van der Waals surface area contributed by atoms with E-state index in [4.69, 9.17) is 0 Å². The van der Waals surface area contributed by atoms with Gasteiger partial charge in [-0.2, -0.15) is 5.53 Å². The van der Waals surface area contributed by atoms with Crippen LogP contribution in [0.2, 0.25) is 0 Å². The molecule has 3 N–H and O–H groups in total. The third kappa shape index (κ3) is 2.27. The van der Waals surface area contributed by atoms with Gasteiger partial charge in [0.05, 0.1) is 0 Å². The Morgan fingerprint density at radius 1 is 1.40 bits per heavy atom. The topological polar surface area (TPSA) is 36.1 Å². The number of unbranched alkanes of at least 4 members (excludes halogenated alkanes) is 2. The summed E-state index contributed by atoms with van der Waals surface area (Å²) in [6, 6.07) is 0. The van der Waals surface area contributed by atoms with E-state index in [9.17, 15) is 0 Å². The standard InChI is InChI=1S/C7H15N3/c1-2-3-4-5-7-6-8-10-9-7/h6,8-10H,2-5H2,1H3. The molecule has 0 saturated heterocycles. The monoisotopic (exact) mass is 141 g/mol. The van der Waals surface area contributed by atoms with E-state index in [1.54, 1.807) is 0 Å². The molecule has 58 valence electrons. The highest BCUT2D eigenvalue weighted by Crippen LogP contribution is 2.05. The summed E-state index contributed by atoms with van der Waals surface area (Å²) >= 11 is 0. The first-order valence-corrected chi connectivity index (χ1v) is 3.89. The van der Waals surface area contributed by atoms with Gasteiger partial charge in [-0.05, 0) is 12.8 Å². The van der Waals surface area contributed by atoms with Crippen molar-refractivity contribution in [3.8, 4) is 0 Å². The van der Waals surface area contributed by atoms with Crippen molar-refractivity contribution in [3.05, 3.63) is 11.9 Å². The van der Waals surface area contributed by atoms with Crippen molar-refractivity contribution in [1.29, 1.82) is 0 Å². The molecule has 1 heterocycles. The second-order valence-electron chi connectivity index (χ2n) is 2.52. The molecule has 0 aromatic rings. The molecule has 1 rings (SSSR count). The molecule has 0 spiro atoms. The molecule has 0 bridgehead atoms. The Morgan fingerprint density at radius 3 is 2.90 bits per heavy atom. The van der Waals surface area contributed by atoms with Crippen molar-refractivity contribution in [1.82, 2.24) is 16.4 Å². The van der Waals surface area contributed by atoms with Crippen LogP contribution in [-0.2, 0) is 0 Å². The lowest BCUT2D eigenvalue weighted by Crippen LogP contribution is -2.31. The SMILES string of the molecule is CCCCCC1=CNNN1. The molecule has 0 fully saturated rings. The van der Waals surface area contributed by atoms with Crippen LogP contribution in [0, 0.1) is 0 Å². The normalized spacial score (nSPS) is 15.9. The fourth-order valence-corrected chi connectivity index (χ4v) is 0.976. The van der Waals surface area contributed by atoms with Gasteiger partial charge in [0.15, 0.2) is 0 Å². The van der Waals surface area contributed by atoms with E-state index in [-0.39, 0.29) is 0 Å². The van der Waals surface area contributed by atoms with Gasteiger partial charge < -0.3 is 10.9 Å². The van der Waals surface area contributed by atoms with E-state index in [0.29, 0.717) is 0 Å². The molecule has 0 aromatic heterocycles. The lowest BCUT2D eigenvalue weighted by Gasteiger charge is -2.00. The van der Waals surface area contributed by atoms with Crippen LogP contribution in [0.3, 0.4) is 0 Å². The molecule has 0 radical (unpaired) electrons. The van der Waals surface area contributed by atoms with Crippen LogP contribution in [0.1, 0.15) is 32.6 Å². The Bertz CT molecular complexity index is 120. The van der Waals surface area contributed by atoms with Gasteiger partial charge in [-0.3, -0.25) is 0 Å². The van der Waals surface area contributed by atoms with Gasteiger partial charge in [-0.1, -0.05) is 19.8 Å². The molecule has 3 nitrogen and oxygen atoms in total. The molecule has 0 atom stereocenters. The molecule has 0 aromatic carbocycles. The minimum Gasteiger partial charge on any atom is -0.310 e. The van der Waals surface area contributed by atoms with E-state index < -0.39 is 0 Å². The smallest absolute Gasteiger partial charge is 0.0450 e. The van der Waals surface area contributed by atoms with Crippen LogP contribution < -0.4 is 16.4 Å². The van der Waals surface area contributed by atoms with Gasteiger partial charge in [0, 0.05) is 11.9 Å². The van der Waals surface area contributed by atoms with Crippen molar-refractivity contribution in [3.63, 3.8) is 0 Å². The second-order valence-corrected chi connectivity index (χ2v) is 2.52. The molecular weight excluding hydrogens is 126 g/mol. The summed E-state index contributed by atoms with van der Waals surface area (Å²) in [5, 5.41) is 0. The minimum absolute atomic E-state index is 1.15. The van der Waals surface area contributed by atoms with Crippen LogP contribution in [0.5, 0.6) is 0 Å². The Kier molecular flexibility index (Phi) is 3.09. The van der Waals surface area contributed by atoms with Crippen LogP contribution in [0.4, 0.5) is 0 Å². The Morgan fingerprint density at radius 2 is 2.30 bits per heavy atom. The first-order chi connectivity index (χ1) is 4.93. The van der Waals surface area contributed by atoms with E-state index in [2.05, 4.69) is 23.3 Å². The number of allylic oxidation sites excluding steroid dienone is 1. The molecule has 0 unspecified atom stereocenters. The van der Waals surface area contributed by atoms with Crippen LogP contribution in [-0.4, -0.2) is 0 Å². The largest absolute Gasteiger partial charge is 0.310 e. The molecular formula is C7H15N3. The van der Waals surface area contributed by atoms with Crippen molar-refractivity contribution in [2.45, 2.75) is 32.6 Å². The third-order valence-electron chi connectivity index (χ3n) is 1.59. The van der Waals surface area contributed by atoms with Crippen molar-refractivity contribution < 1.29 is 0 Å². The number of hydrazine groups is 2. The summed E-state index contributed by atoms with van der Waals surface area (Å²) in [4.78, 5) is 0. The average molecular weight is 141 g/mol. The highest BCUT2D eigenvalue weighted by atomic mass is 15.6. The second kappa shape index (κ2) is 4.17. The first-order valence-electron chi connectivity index (χ1n) is 3.89. The molecule has 0 amide bonds. The Balaban J connectivity index is 2.01. The highest BCUT2D eigenvalue weighted by molar-refractivity contribution is 4.99. The summed E-state index contributed by atoms with van der Waals surface area (Å²) in [5.74, 6) is 0. The zero-order valence-electron chi connectivity index (χ0n) is 6.41. The molecule has 1 aliphatic rings. The average Bonchev–Trinajstić information content (AvgIpc) is 2.41. The van der Waals surface area contributed by atoms with Gasteiger partial charge in [-0.15, -0.1) is 0 Å². The third-order valence-corrected chi connectivity index (χ3v) is 1.59. The maximum absolute atomic E-state index is 3.02. The Labute approximate surface area is 61.8 Å². The van der Waals surface area contributed by atoms with E-state index in [1.165, 1.54) is 25.0 Å². The Hall–Kier alpha value is -0.700. The molecule has 10 heavy (non-hydrogen) atoms. The lowest BCUT2D eigenvalue weighted by molar-refractivity contribution is 0.579. The van der Waals surface area contributed by atoms with Gasteiger partial charge in [0.2, 0.25) is 0 Å². The van der Waals surface area contributed by atoms with Gasteiger partial charge in [-0.25, -0.2) is 0 Å². The molecule has 1 aliphatic heterocycles. The number of hydrogen-bond acceptors (Lipinski definition) is 3. The van der Waals surface area contributed by atoms with Gasteiger partial charge in [0.25, 0.3) is 0 Å². The summed E-state index contributed by atoms with van der Waals surface area (Å²) in [5.41, 5.74) is 9.96. The van der Waals surface area contributed by atoms with Crippen LogP contribution in [0.15, 0.2) is 11.9 Å². The molecule has 3 heteroatoms. The molecule has 0 aliphatic carbocycles. The predicted octanol–water partition coefficient (Wildman–Crippen LogP) is 1.02. The zero-order chi connectivity index (χ0) is 7.23. The van der Waals surface area contributed by atoms with E-state index >= 15 is 0 Å². The minimum atomic E-state index is 1.15. The molecule has 0 saturated carbocycles. The van der Waals surface area contributed by atoms with E-state index in [1.807, 2.05) is 6.20 Å². The van der Waals surface area contributed by atoms with Crippen LogP contribution in [0.25, 0.3) is 0 Å². The highest BCUT2D eigenvalue weighted by Gasteiger charge is 1.99. The lowest BCUT2D eigenvalue weighted by atomic mass is 10.2. The summed E-state index contributed by atoms with van der Waals surface area (Å²) in [6.45, 7) is 2.22. The summed E-state index contributed by atoms with van der Waals surface area (Å²) in [7, 11) is 0. The fourth-order valence-electron chi connectivity index (χ4n) is 0.976. The van der Waals surface area contributed by atoms with Crippen molar-refractivity contribution in [2.75, 3.05) is 0 Å². The number of rotatable bonds is 4. The fraction of sp³-hybridized carbons (Fsp3) is 0.714. The maximum atomic E-state index is 3.02.